The Balaban J connectivity index is 2.49. The van der Waals surface area contributed by atoms with Crippen molar-refractivity contribution in [3.8, 4) is 0 Å². The Kier molecular flexibility index (Phi) is 3.98. The van der Waals surface area contributed by atoms with Gasteiger partial charge in [0.15, 0.2) is 0 Å². The molecule has 1 heterocycles. The number of hydrogen-bond acceptors (Lipinski definition) is 3. The van der Waals surface area contributed by atoms with Gasteiger partial charge in [-0.15, -0.1) is 0 Å². The Morgan fingerprint density at radius 1 is 1.33 bits per heavy atom. The van der Waals surface area contributed by atoms with Crippen LogP contribution >= 0.6 is 0 Å². The van der Waals surface area contributed by atoms with Crippen LogP contribution in [0, 0.1) is 6.92 Å². The van der Waals surface area contributed by atoms with Crippen LogP contribution in [0.25, 0.3) is 0 Å². The second kappa shape index (κ2) is 5.42. The molecule has 0 bridgehead atoms. The molecule has 0 aliphatic carbocycles. The number of aryl methyl sites for hydroxylation is 1. The predicted molar refractivity (Wildman–Crippen MR) is 72.8 cm³/mol. The van der Waals surface area contributed by atoms with E-state index in [0.717, 1.165) is 10.5 Å². The van der Waals surface area contributed by atoms with E-state index in [1.165, 1.54) is 19.2 Å². The smallest absolute Gasteiger partial charge is 0.423 e. The lowest BCUT2D eigenvalue weighted by atomic mass is 9.94. The van der Waals surface area contributed by atoms with Crippen LogP contribution in [0.4, 0.5) is 18.9 Å². The highest BCUT2D eigenvalue weighted by Gasteiger charge is 2.66. The van der Waals surface area contributed by atoms with Crippen LogP contribution in [0.15, 0.2) is 36.5 Å². The molecule has 1 atom stereocenters. The summed E-state index contributed by atoms with van der Waals surface area (Å²) in [4.78, 5) is 13.0. The van der Waals surface area contributed by atoms with Crippen LogP contribution in [-0.4, -0.2) is 24.3 Å². The van der Waals surface area contributed by atoms with Crippen molar-refractivity contribution in [3.63, 3.8) is 0 Å². The SMILES string of the molecule is CCOC(=O)C1(C(F)(F)F)CC=CN1c1ccc(C)cc1. The molecule has 0 saturated heterocycles. The van der Waals surface area contributed by atoms with Gasteiger partial charge in [0.05, 0.1) is 6.61 Å². The predicted octanol–water partition coefficient (Wildman–Crippen LogP) is 3.58. The molecule has 21 heavy (non-hydrogen) atoms. The number of ether oxygens (including phenoxy) is 1. The lowest BCUT2D eigenvalue weighted by Crippen LogP contribution is -2.61. The molecule has 1 unspecified atom stereocenters. The summed E-state index contributed by atoms with van der Waals surface area (Å²) >= 11 is 0. The van der Waals surface area contributed by atoms with Gasteiger partial charge in [0.1, 0.15) is 0 Å². The van der Waals surface area contributed by atoms with Crippen LogP contribution < -0.4 is 4.90 Å². The minimum Gasteiger partial charge on any atom is -0.464 e. The number of alkyl halides is 3. The molecule has 1 aliphatic rings. The highest BCUT2D eigenvalue weighted by molar-refractivity contribution is 5.88. The molecule has 1 aliphatic heterocycles. The third-order valence-electron chi connectivity index (χ3n) is 3.47. The molecule has 0 spiro atoms. The van der Waals surface area contributed by atoms with Crippen LogP contribution in [-0.2, 0) is 9.53 Å². The van der Waals surface area contributed by atoms with Gasteiger partial charge in [0, 0.05) is 18.3 Å². The van der Waals surface area contributed by atoms with Gasteiger partial charge >= 0.3 is 12.1 Å². The number of nitrogens with zero attached hydrogens (tertiary/aromatic N) is 1. The van der Waals surface area contributed by atoms with Gasteiger partial charge in [-0.2, -0.15) is 13.2 Å². The van der Waals surface area contributed by atoms with Gasteiger partial charge in [0.25, 0.3) is 0 Å². The topological polar surface area (TPSA) is 29.5 Å². The van der Waals surface area contributed by atoms with E-state index in [1.54, 1.807) is 24.3 Å². The minimum absolute atomic E-state index is 0.0988. The molecular formula is C15H16F3NO2. The van der Waals surface area contributed by atoms with Crippen molar-refractivity contribution in [1.82, 2.24) is 0 Å². The van der Waals surface area contributed by atoms with E-state index >= 15 is 0 Å². The number of carbonyl (C=O) groups is 1. The van der Waals surface area contributed by atoms with Gasteiger partial charge in [0.2, 0.25) is 5.54 Å². The average Bonchev–Trinajstić information content (AvgIpc) is 2.85. The first-order chi connectivity index (χ1) is 9.83. The molecule has 6 heteroatoms. The molecule has 1 aromatic rings. The summed E-state index contributed by atoms with van der Waals surface area (Å²) in [6, 6.07) is 6.52. The van der Waals surface area contributed by atoms with E-state index in [4.69, 9.17) is 4.74 Å². The van der Waals surface area contributed by atoms with Crippen molar-refractivity contribution in [2.75, 3.05) is 11.5 Å². The van der Waals surface area contributed by atoms with E-state index in [2.05, 4.69) is 0 Å². The maximum atomic E-state index is 13.6. The fourth-order valence-corrected chi connectivity index (χ4v) is 2.37. The summed E-state index contributed by atoms with van der Waals surface area (Å²) in [5.41, 5.74) is -1.45. The number of hydrogen-bond donors (Lipinski definition) is 0. The summed E-state index contributed by atoms with van der Waals surface area (Å²) in [6.45, 7) is 3.23. The van der Waals surface area contributed by atoms with Crippen molar-refractivity contribution in [2.24, 2.45) is 0 Å². The van der Waals surface area contributed by atoms with E-state index in [0.29, 0.717) is 5.69 Å². The van der Waals surface area contributed by atoms with E-state index in [9.17, 15) is 18.0 Å². The number of anilines is 1. The van der Waals surface area contributed by atoms with Gasteiger partial charge in [-0.1, -0.05) is 23.8 Å². The quantitative estimate of drug-likeness (QED) is 0.799. The Morgan fingerprint density at radius 3 is 2.48 bits per heavy atom. The summed E-state index contributed by atoms with van der Waals surface area (Å²) in [5, 5.41) is 0. The largest absolute Gasteiger partial charge is 0.464 e. The van der Waals surface area contributed by atoms with Crippen LogP contribution in [0.5, 0.6) is 0 Å². The summed E-state index contributed by atoms with van der Waals surface area (Å²) in [5.74, 6) is -1.27. The van der Waals surface area contributed by atoms with Crippen LogP contribution in [0.3, 0.4) is 0 Å². The fraction of sp³-hybridized carbons (Fsp3) is 0.400. The van der Waals surface area contributed by atoms with Crippen LogP contribution in [0.1, 0.15) is 18.9 Å². The normalized spacial score (nSPS) is 21.7. The molecule has 2 rings (SSSR count). The van der Waals surface area contributed by atoms with Gasteiger partial charge in [-0.25, -0.2) is 4.79 Å². The maximum Gasteiger partial charge on any atom is 0.423 e. The molecule has 0 aromatic heterocycles. The standard InChI is InChI=1S/C15H16F3NO2/c1-3-21-13(20)14(15(16,17)18)9-4-10-19(14)12-7-5-11(2)6-8-12/h4-8,10H,3,9H2,1-2H3. The second-order valence-electron chi connectivity index (χ2n) is 4.87. The molecule has 0 N–H and O–H groups in total. The fourth-order valence-electron chi connectivity index (χ4n) is 2.37. The third-order valence-corrected chi connectivity index (χ3v) is 3.47. The Hall–Kier alpha value is -1.98. The molecule has 3 nitrogen and oxygen atoms in total. The Labute approximate surface area is 121 Å². The Bertz CT molecular complexity index is 551. The van der Waals surface area contributed by atoms with Crippen molar-refractivity contribution < 1.29 is 22.7 Å². The molecular weight excluding hydrogens is 283 g/mol. The molecule has 1 aromatic carbocycles. The molecule has 114 valence electrons. The highest BCUT2D eigenvalue weighted by Crippen LogP contribution is 2.45. The summed E-state index contributed by atoms with van der Waals surface area (Å²) in [6.07, 6.45) is -2.57. The number of halogens is 3. The first kappa shape index (κ1) is 15.4. The van der Waals surface area contributed by atoms with Crippen molar-refractivity contribution in [1.29, 1.82) is 0 Å². The molecule has 0 saturated carbocycles. The highest BCUT2D eigenvalue weighted by atomic mass is 19.4. The van der Waals surface area contributed by atoms with E-state index < -0.39 is 24.1 Å². The zero-order valence-corrected chi connectivity index (χ0v) is 11.8. The zero-order chi connectivity index (χ0) is 15.7. The van der Waals surface area contributed by atoms with Crippen molar-refractivity contribution >= 4 is 11.7 Å². The minimum atomic E-state index is -4.74. The maximum absolute atomic E-state index is 13.6. The molecule has 0 amide bonds. The monoisotopic (exact) mass is 299 g/mol. The van der Waals surface area contributed by atoms with Crippen LogP contribution in [0.2, 0.25) is 0 Å². The van der Waals surface area contributed by atoms with Gasteiger partial charge in [-0.3, -0.25) is 0 Å². The first-order valence-electron chi connectivity index (χ1n) is 6.59. The third kappa shape index (κ3) is 2.50. The average molecular weight is 299 g/mol. The van der Waals surface area contributed by atoms with Crippen molar-refractivity contribution in [2.45, 2.75) is 32.0 Å². The summed E-state index contributed by atoms with van der Waals surface area (Å²) in [7, 11) is 0. The summed E-state index contributed by atoms with van der Waals surface area (Å²) < 4.78 is 45.6. The van der Waals surface area contributed by atoms with E-state index in [-0.39, 0.29) is 6.61 Å². The first-order valence-corrected chi connectivity index (χ1v) is 6.59. The zero-order valence-electron chi connectivity index (χ0n) is 11.8. The van der Waals surface area contributed by atoms with Gasteiger partial charge < -0.3 is 9.64 Å². The lowest BCUT2D eigenvalue weighted by molar-refractivity contribution is -0.203. The lowest BCUT2D eigenvalue weighted by Gasteiger charge is -2.38. The number of esters is 1. The Morgan fingerprint density at radius 2 is 1.95 bits per heavy atom. The second-order valence-corrected chi connectivity index (χ2v) is 4.87. The van der Waals surface area contributed by atoms with Gasteiger partial charge in [-0.05, 0) is 26.0 Å². The number of benzene rings is 1. The number of rotatable bonds is 3. The number of carbonyl (C=O) groups excluding carboxylic acids is 1. The molecule has 0 fully saturated rings. The van der Waals surface area contributed by atoms with Crippen molar-refractivity contribution in [3.05, 3.63) is 42.1 Å². The van der Waals surface area contributed by atoms with E-state index in [1.807, 2.05) is 6.92 Å². The molecule has 0 radical (unpaired) electrons.